The normalized spacial score (nSPS) is 19.2. The molecule has 0 saturated heterocycles. The molecule has 7 heteroatoms. The maximum absolute atomic E-state index is 14.0. The van der Waals surface area contributed by atoms with Crippen molar-refractivity contribution in [2.24, 2.45) is 0 Å². The number of urea groups is 1. The fraction of sp³-hybridized carbons (Fsp3) is 0.545. The number of benzene rings is 1. The third kappa shape index (κ3) is 4.71. The van der Waals surface area contributed by atoms with Crippen molar-refractivity contribution < 1.29 is 18.7 Å². The monoisotopic (exact) mass is 403 g/mol. The highest BCUT2D eigenvalue weighted by Gasteiger charge is 2.28. The van der Waals surface area contributed by atoms with Gasteiger partial charge in [0.25, 0.3) is 0 Å². The number of rotatable bonds is 6. The van der Waals surface area contributed by atoms with Crippen molar-refractivity contribution in [2.75, 3.05) is 13.7 Å². The van der Waals surface area contributed by atoms with Gasteiger partial charge in [0.1, 0.15) is 12.4 Å². The Bertz CT molecular complexity index is 885. The second kappa shape index (κ2) is 9.29. The van der Waals surface area contributed by atoms with E-state index in [4.69, 9.17) is 4.74 Å². The first-order valence-electron chi connectivity index (χ1n) is 10.3. The molecular formula is C22H30FN3O3. The molecule has 29 heavy (non-hydrogen) atoms. The first kappa shape index (κ1) is 21.1. The number of amides is 2. The summed E-state index contributed by atoms with van der Waals surface area (Å²) in [5, 5.41) is 6.76. The average Bonchev–Trinajstić information content (AvgIpc) is 2.97. The number of carbonyl (C=O) groups is 2. The number of hydrogen-bond acceptors (Lipinski definition) is 3. The Morgan fingerprint density at radius 1 is 1.24 bits per heavy atom. The molecule has 0 atom stereocenters. The second-order valence-electron chi connectivity index (χ2n) is 7.77. The van der Waals surface area contributed by atoms with Crippen LogP contribution < -0.4 is 10.6 Å². The van der Waals surface area contributed by atoms with E-state index in [-0.39, 0.29) is 36.3 Å². The predicted octanol–water partition coefficient (Wildman–Crippen LogP) is 4.00. The Labute approximate surface area is 170 Å². The molecule has 1 aliphatic rings. The molecular weight excluding hydrogens is 373 g/mol. The Kier molecular flexibility index (Phi) is 6.77. The molecule has 2 amide bonds. The van der Waals surface area contributed by atoms with Crippen LogP contribution in [0.15, 0.2) is 18.2 Å². The molecule has 158 valence electrons. The summed E-state index contributed by atoms with van der Waals surface area (Å²) in [6.07, 6.45) is 4.48. The van der Waals surface area contributed by atoms with Crippen LogP contribution in [-0.2, 0) is 16.1 Å². The number of aromatic nitrogens is 1. The van der Waals surface area contributed by atoms with Gasteiger partial charge in [-0.15, -0.1) is 0 Å². The summed E-state index contributed by atoms with van der Waals surface area (Å²) in [5.74, 6) is -0.334. The van der Waals surface area contributed by atoms with E-state index in [1.807, 2.05) is 18.4 Å². The number of hydrogen-bond donors (Lipinski definition) is 2. The van der Waals surface area contributed by atoms with E-state index in [1.165, 1.54) is 13.2 Å². The molecule has 3 rings (SSSR count). The summed E-state index contributed by atoms with van der Waals surface area (Å²) in [6.45, 7) is 4.79. The molecule has 1 saturated carbocycles. The van der Waals surface area contributed by atoms with Crippen LogP contribution in [0.1, 0.15) is 56.2 Å². The molecule has 1 aromatic carbocycles. The molecule has 0 spiro atoms. The van der Waals surface area contributed by atoms with Crippen LogP contribution in [0.2, 0.25) is 0 Å². The summed E-state index contributed by atoms with van der Waals surface area (Å²) in [4.78, 5) is 23.8. The number of esters is 1. The van der Waals surface area contributed by atoms with Gasteiger partial charge in [0.15, 0.2) is 0 Å². The molecule has 1 heterocycles. The molecule has 2 N–H and O–H groups in total. The van der Waals surface area contributed by atoms with Crippen LogP contribution in [0, 0.1) is 12.7 Å². The molecule has 0 bridgehead atoms. The van der Waals surface area contributed by atoms with E-state index in [0.29, 0.717) is 6.54 Å². The standard InChI is InChI=1S/C22H30FN3O3/c1-4-11-24-22(28)25-17-8-5-15(6-9-17)21-14(2)26(13-20(27)29-3)19-10-7-16(23)12-18(19)21/h7,10,12,15,17H,4-6,8-9,11,13H2,1-3H3,(H2,24,25,28). The topological polar surface area (TPSA) is 72.4 Å². The number of carbonyl (C=O) groups excluding carboxylic acids is 2. The minimum Gasteiger partial charge on any atom is -0.468 e. The van der Waals surface area contributed by atoms with Crippen molar-refractivity contribution >= 4 is 22.9 Å². The van der Waals surface area contributed by atoms with Gasteiger partial charge in [-0.3, -0.25) is 4.79 Å². The summed E-state index contributed by atoms with van der Waals surface area (Å²) >= 11 is 0. The lowest BCUT2D eigenvalue weighted by Crippen LogP contribution is -2.43. The minimum absolute atomic E-state index is 0.108. The van der Waals surface area contributed by atoms with Gasteiger partial charge in [0.05, 0.1) is 7.11 Å². The lowest BCUT2D eigenvalue weighted by atomic mass is 9.80. The smallest absolute Gasteiger partial charge is 0.325 e. The highest BCUT2D eigenvalue weighted by molar-refractivity contribution is 5.87. The summed E-state index contributed by atoms with van der Waals surface area (Å²) in [6, 6.07) is 4.77. The Morgan fingerprint density at radius 3 is 2.62 bits per heavy atom. The van der Waals surface area contributed by atoms with Crippen LogP contribution in [0.5, 0.6) is 0 Å². The number of nitrogens with one attached hydrogen (secondary N) is 2. The molecule has 0 radical (unpaired) electrons. The molecule has 6 nitrogen and oxygen atoms in total. The van der Waals surface area contributed by atoms with E-state index >= 15 is 0 Å². The van der Waals surface area contributed by atoms with Gasteiger partial charge < -0.3 is 19.9 Å². The van der Waals surface area contributed by atoms with Crippen molar-refractivity contribution in [1.82, 2.24) is 15.2 Å². The summed E-state index contributed by atoms with van der Waals surface area (Å²) < 4.78 is 20.8. The van der Waals surface area contributed by atoms with Crippen LogP contribution in [0.4, 0.5) is 9.18 Å². The molecule has 0 aliphatic heterocycles. The fourth-order valence-corrected chi connectivity index (χ4v) is 4.39. The van der Waals surface area contributed by atoms with Crippen molar-refractivity contribution in [2.45, 2.75) is 64.5 Å². The van der Waals surface area contributed by atoms with Crippen molar-refractivity contribution in [3.8, 4) is 0 Å². The Morgan fingerprint density at radius 2 is 1.97 bits per heavy atom. The molecule has 1 aliphatic carbocycles. The maximum atomic E-state index is 14.0. The zero-order valence-electron chi connectivity index (χ0n) is 17.4. The van der Waals surface area contributed by atoms with E-state index in [0.717, 1.165) is 54.3 Å². The Hall–Kier alpha value is -2.57. The lowest BCUT2D eigenvalue weighted by Gasteiger charge is -2.29. The third-order valence-electron chi connectivity index (χ3n) is 5.86. The third-order valence-corrected chi connectivity index (χ3v) is 5.86. The minimum atomic E-state index is -0.327. The highest BCUT2D eigenvalue weighted by Crippen LogP contribution is 2.40. The van der Waals surface area contributed by atoms with Crippen molar-refractivity contribution in [1.29, 1.82) is 0 Å². The van der Waals surface area contributed by atoms with E-state index in [2.05, 4.69) is 10.6 Å². The van der Waals surface area contributed by atoms with Gasteiger partial charge >= 0.3 is 12.0 Å². The largest absolute Gasteiger partial charge is 0.468 e. The molecule has 0 unspecified atom stereocenters. The predicted molar refractivity (Wildman–Crippen MR) is 110 cm³/mol. The zero-order chi connectivity index (χ0) is 21.0. The van der Waals surface area contributed by atoms with Gasteiger partial charge in [-0.1, -0.05) is 6.92 Å². The van der Waals surface area contributed by atoms with E-state index < -0.39 is 0 Å². The van der Waals surface area contributed by atoms with Crippen molar-refractivity contribution in [3.05, 3.63) is 35.3 Å². The zero-order valence-corrected chi connectivity index (χ0v) is 17.4. The maximum Gasteiger partial charge on any atom is 0.325 e. The van der Waals surface area contributed by atoms with Crippen LogP contribution in [0.25, 0.3) is 10.9 Å². The van der Waals surface area contributed by atoms with Gasteiger partial charge in [0.2, 0.25) is 0 Å². The molecule has 1 fully saturated rings. The van der Waals surface area contributed by atoms with Crippen LogP contribution in [0.3, 0.4) is 0 Å². The highest BCUT2D eigenvalue weighted by atomic mass is 19.1. The lowest BCUT2D eigenvalue weighted by molar-refractivity contribution is -0.141. The first-order valence-corrected chi connectivity index (χ1v) is 10.3. The average molecular weight is 403 g/mol. The van der Waals surface area contributed by atoms with Gasteiger partial charge in [-0.2, -0.15) is 0 Å². The number of halogens is 1. The SMILES string of the molecule is CCCNC(=O)NC1CCC(c2c(C)n(CC(=O)OC)c3ccc(F)cc23)CC1. The Balaban J connectivity index is 1.80. The number of ether oxygens (including phenoxy) is 1. The first-order chi connectivity index (χ1) is 13.9. The quantitative estimate of drug-likeness (QED) is 0.716. The summed E-state index contributed by atoms with van der Waals surface area (Å²) in [7, 11) is 1.37. The number of fused-ring (bicyclic) bond motifs is 1. The molecule has 2 aromatic rings. The summed E-state index contributed by atoms with van der Waals surface area (Å²) in [5.41, 5.74) is 2.94. The van der Waals surface area contributed by atoms with Gasteiger partial charge in [-0.25, -0.2) is 9.18 Å². The van der Waals surface area contributed by atoms with Crippen molar-refractivity contribution in [3.63, 3.8) is 0 Å². The fourth-order valence-electron chi connectivity index (χ4n) is 4.39. The number of nitrogens with zero attached hydrogens (tertiary/aromatic N) is 1. The molecule has 1 aromatic heterocycles. The van der Waals surface area contributed by atoms with Crippen LogP contribution >= 0.6 is 0 Å². The van der Waals surface area contributed by atoms with Gasteiger partial charge in [-0.05, 0) is 68.7 Å². The number of methoxy groups -OCH3 is 1. The van der Waals surface area contributed by atoms with Crippen LogP contribution in [-0.4, -0.2) is 36.3 Å². The van der Waals surface area contributed by atoms with E-state index in [1.54, 1.807) is 12.1 Å². The van der Waals surface area contributed by atoms with E-state index in [9.17, 15) is 14.0 Å². The second-order valence-corrected chi connectivity index (χ2v) is 7.77. The van der Waals surface area contributed by atoms with Gasteiger partial charge in [0, 0.05) is 29.2 Å².